The van der Waals surface area contributed by atoms with E-state index in [-0.39, 0.29) is 39.7 Å². The lowest BCUT2D eigenvalue weighted by atomic mass is 9.68. The number of nitrogens with zero attached hydrogens (tertiary/aromatic N) is 4. The second-order valence-electron chi connectivity index (χ2n) is 15.0. The first-order valence-corrected chi connectivity index (χ1v) is 21.8. The minimum Gasteiger partial charge on any atom is -0.344 e. The molecule has 2 aromatic carbocycles. The Hall–Kier alpha value is -4.87. The van der Waals surface area contributed by atoms with Gasteiger partial charge in [0.1, 0.15) is 11.6 Å². The predicted octanol–water partition coefficient (Wildman–Crippen LogP) is 4.65. The zero-order valence-electron chi connectivity index (χ0n) is 31.8. The molecule has 2 aromatic heterocycles. The summed E-state index contributed by atoms with van der Waals surface area (Å²) in [6.45, 7) is 3.16. The summed E-state index contributed by atoms with van der Waals surface area (Å²) in [5.41, 5.74) is 7.02. The van der Waals surface area contributed by atoms with Crippen LogP contribution in [-0.4, -0.2) is 85.3 Å². The van der Waals surface area contributed by atoms with Gasteiger partial charge in [-0.1, -0.05) is 48.2 Å². The molecule has 1 amide bonds. The van der Waals surface area contributed by atoms with Gasteiger partial charge in [-0.3, -0.25) is 14.4 Å². The number of carbonyl (C=O) groups is 3. The molecule has 2 fully saturated rings. The lowest BCUT2D eigenvalue weighted by molar-refractivity contribution is -0.131. The van der Waals surface area contributed by atoms with Gasteiger partial charge in [-0.05, 0) is 74.6 Å². The maximum Gasteiger partial charge on any atom is 0.315 e. The minimum absolute atomic E-state index is 0.00718. The van der Waals surface area contributed by atoms with E-state index in [1.807, 2.05) is 31.3 Å². The van der Waals surface area contributed by atoms with Crippen LogP contribution in [0.1, 0.15) is 82.0 Å². The number of halogens is 2. The molecule has 0 atom stereocenters. The third-order valence-corrected chi connectivity index (χ3v) is 14.5. The van der Waals surface area contributed by atoms with Gasteiger partial charge < -0.3 is 11.1 Å². The van der Waals surface area contributed by atoms with Crippen LogP contribution in [-0.2, 0) is 37.3 Å². The summed E-state index contributed by atoms with van der Waals surface area (Å²) in [5, 5.41) is 1.84. The van der Waals surface area contributed by atoms with E-state index in [4.69, 9.17) is 5.73 Å². The van der Waals surface area contributed by atoms with Gasteiger partial charge in [0.25, 0.3) is 5.91 Å². The Morgan fingerprint density at radius 2 is 1.04 bits per heavy atom. The second-order valence-corrected chi connectivity index (χ2v) is 19.0. The molecule has 0 spiro atoms. The van der Waals surface area contributed by atoms with Crippen LogP contribution in [0.2, 0.25) is 0 Å². The number of rotatable bonds is 16. The Morgan fingerprint density at radius 1 is 0.667 bits per heavy atom. The van der Waals surface area contributed by atoms with Crippen LogP contribution in [0.3, 0.4) is 0 Å². The third-order valence-electron chi connectivity index (χ3n) is 10.5. The average molecular weight is 825 g/mol. The largest absolute Gasteiger partial charge is 0.344 e. The van der Waals surface area contributed by atoms with Crippen molar-refractivity contribution in [3.63, 3.8) is 0 Å². The fraction of sp³-hybridized carbons (Fsp3) is 0.425. The maximum atomic E-state index is 12.9. The molecule has 13 nitrogen and oxygen atoms in total. The lowest BCUT2D eigenvalue weighted by Gasteiger charge is -2.41. The van der Waals surface area contributed by atoms with E-state index < -0.39 is 49.8 Å². The van der Waals surface area contributed by atoms with Crippen LogP contribution in [0, 0.1) is 24.7 Å². The quantitative estimate of drug-likeness (QED) is 0.148. The summed E-state index contributed by atoms with van der Waals surface area (Å²) in [7, 11) is -6.84. The molecule has 0 saturated heterocycles. The van der Waals surface area contributed by atoms with Crippen LogP contribution >= 0.6 is 0 Å². The second kappa shape index (κ2) is 18.2. The van der Waals surface area contributed by atoms with Crippen molar-refractivity contribution in [3.05, 3.63) is 107 Å². The molecule has 0 radical (unpaired) electrons. The number of aromatic nitrogens is 4. The number of hydrogen-bond donors (Lipinski definition) is 2. The summed E-state index contributed by atoms with van der Waals surface area (Å²) in [6.07, 6.45) is 8.21. The molecular weight excluding hydrogens is 779 g/mol. The number of aryl methyl sites for hydroxylation is 2. The highest BCUT2D eigenvalue weighted by molar-refractivity contribution is 7.91. The van der Waals surface area contributed by atoms with E-state index in [9.17, 15) is 40.0 Å². The molecule has 0 unspecified atom stereocenters. The number of benzene rings is 2. The minimum atomic E-state index is -3.47. The number of amides is 1. The monoisotopic (exact) mass is 824 g/mol. The van der Waals surface area contributed by atoms with Crippen LogP contribution in [0.4, 0.5) is 8.78 Å². The standard InChI is InChI=1S/C21H23F2N3O4S.C19H23N3O3S/c1-14-3-5-16(6-4-14)31(29,30)13-21(7-2-8-21)9-18-24-10-15(11-25-18)17(27)12-26-20(28)19(22)23;1-14-3-5-16(6-4-14)26(24,25)13-19(7-2-8-19)9-18-21-11-15(12-22-18)17(23)10-20/h3-6,10-11,19H,2,7-9,12-13H2,1H3,(H,26,28);3-6,11-12H,2,7-10,13,20H2,1H3. The van der Waals surface area contributed by atoms with Crippen molar-refractivity contribution in [2.45, 2.75) is 81.4 Å². The predicted molar refractivity (Wildman–Crippen MR) is 207 cm³/mol. The molecule has 2 aliphatic carbocycles. The molecule has 2 saturated carbocycles. The van der Waals surface area contributed by atoms with Gasteiger partial charge in [0, 0.05) is 37.6 Å². The highest BCUT2D eigenvalue weighted by Crippen LogP contribution is 2.46. The molecule has 0 aliphatic heterocycles. The van der Waals surface area contributed by atoms with E-state index in [0.717, 1.165) is 49.7 Å². The van der Waals surface area contributed by atoms with Crippen molar-refractivity contribution in [2.24, 2.45) is 16.6 Å². The molecule has 2 aliphatic rings. The topological polar surface area (TPSA) is 209 Å². The van der Waals surface area contributed by atoms with Gasteiger partial charge in [0.2, 0.25) is 0 Å². The Labute approximate surface area is 331 Å². The highest BCUT2D eigenvalue weighted by atomic mass is 32.2. The third kappa shape index (κ3) is 11.4. The zero-order chi connectivity index (χ0) is 41.4. The summed E-state index contributed by atoms with van der Waals surface area (Å²) >= 11 is 0. The molecular formula is C40H46F2N6O7S2. The average Bonchev–Trinajstić information content (AvgIpc) is 3.15. The first-order chi connectivity index (χ1) is 26.9. The molecule has 2 heterocycles. The highest BCUT2D eigenvalue weighted by Gasteiger charge is 2.43. The number of ketones is 2. The van der Waals surface area contributed by atoms with E-state index in [2.05, 4.69) is 19.9 Å². The number of carbonyl (C=O) groups excluding carboxylic acids is 3. The number of sulfone groups is 2. The van der Waals surface area contributed by atoms with Crippen LogP contribution < -0.4 is 11.1 Å². The zero-order valence-corrected chi connectivity index (χ0v) is 33.4. The molecule has 6 rings (SSSR count). The van der Waals surface area contributed by atoms with E-state index in [1.165, 1.54) is 24.8 Å². The SMILES string of the molecule is Cc1ccc(S(=O)(=O)CC2(Cc3ncc(C(=O)CN)cn3)CCC2)cc1.Cc1ccc(S(=O)(=O)CC2(Cc3ncc(C(=O)CNC(=O)C(F)F)cn3)CCC2)cc1. The normalized spacial score (nSPS) is 15.7. The molecule has 304 valence electrons. The molecule has 3 N–H and O–H groups in total. The molecule has 0 bridgehead atoms. The lowest BCUT2D eigenvalue weighted by Crippen LogP contribution is -2.39. The summed E-state index contributed by atoms with van der Waals surface area (Å²) < 4.78 is 75.8. The maximum absolute atomic E-state index is 12.9. The van der Waals surface area contributed by atoms with Gasteiger partial charge >= 0.3 is 6.43 Å². The fourth-order valence-electron chi connectivity index (χ4n) is 6.88. The summed E-state index contributed by atoms with van der Waals surface area (Å²) in [4.78, 5) is 51.9. The molecule has 17 heteroatoms. The van der Waals surface area contributed by atoms with Crippen molar-refractivity contribution in [2.75, 3.05) is 24.6 Å². The van der Waals surface area contributed by atoms with Gasteiger partial charge in [-0.25, -0.2) is 36.8 Å². The van der Waals surface area contributed by atoms with Crippen LogP contribution in [0.25, 0.3) is 0 Å². The van der Waals surface area contributed by atoms with Crippen molar-refractivity contribution >= 4 is 37.1 Å². The van der Waals surface area contributed by atoms with Crippen LogP contribution in [0.5, 0.6) is 0 Å². The van der Waals surface area contributed by atoms with Crippen LogP contribution in [0.15, 0.2) is 83.1 Å². The number of nitrogens with one attached hydrogen (secondary N) is 1. The Bertz CT molecular complexity index is 2260. The first kappa shape index (κ1) is 43.3. The van der Waals surface area contributed by atoms with E-state index in [1.54, 1.807) is 36.4 Å². The number of nitrogens with two attached hydrogens (primary N) is 1. The first-order valence-electron chi connectivity index (χ1n) is 18.5. The number of hydrogen-bond acceptors (Lipinski definition) is 12. The van der Waals surface area contributed by atoms with Gasteiger partial charge in [0.15, 0.2) is 31.2 Å². The Balaban J connectivity index is 0.000000221. The Morgan fingerprint density at radius 3 is 1.35 bits per heavy atom. The Kier molecular flexibility index (Phi) is 13.8. The smallest absolute Gasteiger partial charge is 0.315 e. The van der Waals surface area contributed by atoms with E-state index >= 15 is 0 Å². The molecule has 4 aromatic rings. The van der Waals surface area contributed by atoms with Crippen molar-refractivity contribution in [1.82, 2.24) is 25.3 Å². The van der Waals surface area contributed by atoms with E-state index in [0.29, 0.717) is 34.9 Å². The van der Waals surface area contributed by atoms with Gasteiger partial charge in [-0.15, -0.1) is 0 Å². The summed E-state index contributed by atoms with van der Waals surface area (Å²) in [6, 6.07) is 13.7. The summed E-state index contributed by atoms with van der Waals surface area (Å²) in [5.74, 6) is -1.27. The molecule has 57 heavy (non-hydrogen) atoms. The van der Waals surface area contributed by atoms with Crippen molar-refractivity contribution in [1.29, 1.82) is 0 Å². The number of alkyl halides is 2. The van der Waals surface area contributed by atoms with Gasteiger partial charge in [-0.2, -0.15) is 8.78 Å². The van der Waals surface area contributed by atoms with Crippen molar-refractivity contribution < 1.29 is 40.0 Å². The van der Waals surface area contributed by atoms with Crippen molar-refractivity contribution in [3.8, 4) is 0 Å². The fourth-order valence-corrected chi connectivity index (χ4v) is 10.7. The van der Waals surface area contributed by atoms with Gasteiger partial charge in [0.05, 0.1) is 45.5 Å². The number of Topliss-reactive ketones (excluding diaryl/α,β-unsaturated/α-hetero) is 2.